The van der Waals surface area contributed by atoms with Crippen molar-refractivity contribution in [3.63, 3.8) is 0 Å². The second-order valence-corrected chi connectivity index (χ2v) is 5.12. The molecule has 0 saturated heterocycles. The molecule has 0 radical (unpaired) electrons. The quantitative estimate of drug-likeness (QED) is 0.902. The average Bonchev–Trinajstić information content (AvgIpc) is 2.83. The van der Waals surface area contributed by atoms with E-state index in [2.05, 4.69) is 5.10 Å². The molecule has 0 aliphatic heterocycles. The Morgan fingerprint density at radius 3 is 2.38 bits per heavy atom. The number of carboxylic acid groups (broad SMARTS) is 2. The molecular formula is C15H16N2O4. The van der Waals surface area contributed by atoms with Gasteiger partial charge in [0.1, 0.15) is 5.56 Å². The van der Waals surface area contributed by atoms with Crippen molar-refractivity contribution in [2.75, 3.05) is 0 Å². The number of aromatic nitrogens is 2. The zero-order valence-corrected chi connectivity index (χ0v) is 12.0. The molecule has 2 rings (SSSR count). The standard InChI is InChI=1S/C15H16N2O4/c1-8(2)13-11(15(20)21)7-16-17(13)12-6-10(14(18)19)5-4-9(12)3/h4-8H,1-3H3,(H,18,19)(H,20,21). The molecule has 6 nitrogen and oxygen atoms in total. The van der Waals surface area contributed by atoms with Gasteiger partial charge in [-0.1, -0.05) is 19.9 Å². The summed E-state index contributed by atoms with van der Waals surface area (Å²) < 4.78 is 1.51. The van der Waals surface area contributed by atoms with Gasteiger partial charge in [-0.3, -0.25) is 0 Å². The van der Waals surface area contributed by atoms with Gasteiger partial charge in [0.25, 0.3) is 0 Å². The van der Waals surface area contributed by atoms with Crippen molar-refractivity contribution in [3.8, 4) is 5.69 Å². The summed E-state index contributed by atoms with van der Waals surface area (Å²) >= 11 is 0. The highest BCUT2D eigenvalue weighted by Crippen LogP contribution is 2.25. The Bertz CT molecular complexity index is 716. The van der Waals surface area contributed by atoms with Gasteiger partial charge in [-0.05, 0) is 30.5 Å². The maximum Gasteiger partial charge on any atom is 0.339 e. The topological polar surface area (TPSA) is 92.4 Å². The molecule has 0 aliphatic rings. The third kappa shape index (κ3) is 2.65. The highest BCUT2D eigenvalue weighted by atomic mass is 16.4. The SMILES string of the molecule is Cc1ccc(C(=O)O)cc1-n1ncc(C(=O)O)c1C(C)C. The molecule has 21 heavy (non-hydrogen) atoms. The first-order valence-electron chi connectivity index (χ1n) is 6.48. The van der Waals surface area contributed by atoms with Gasteiger partial charge in [0.05, 0.1) is 23.1 Å². The number of carboxylic acids is 2. The van der Waals surface area contributed by atoms with Gasteiger partial charge in [-0.15, -0.1) is 0 Å². The van der Waals surface area contributed by atoms with Gasteiger partial charge < -0.3 is 10.2 Å². The number of rotatable bonds is 4. The molecule has 0 aliphatic carbocycles. The number of carbonyl (C=O) groups is 2. The summed E-state index contributed by atoms with van der Waals surface area (Å²) in [5.41, 5.74) is 2.21. The number of hydrogen-bond donors (Lipinski definition) is 2. The molecule has 0 unspecified atom stereocenters. The van der Waals surface area contributed by atoms with Crippen LogP contribution < -0.4 is 0 Å². The summed E-state index contributed by atoms with van der Waals surface area (Å²) in [6.45, 7) is 5.57. The second kappa shape index (κ2) is 5.40. The summed E-state index contributed by atoms with van der Waals surface area (Å²) in [5.74, 6) is -2.14. The lowest BCUT2D eigenvalue weighted by Crippen LogP contribution is -2.10. The third-order valence-electron chi connectivity index (χ3n) is 3.27. The van der Waals surface area contributed by atoms with Gasteiger partial charge in [-0.2, -0.15) is 5.10 Å². The molecule has 0 amide bonds. The van der Waals surface area contributed by atoms with E-state index in [-0.39, 0.29) is 17.0 Å². The van der Waals surface area contributed by atoms with Crippen LogP contribution in [0.25, 0.3) is 5.69 Å². The summed E-state index contributed by atoms with van der Waals surface area (Å²) in [4.78, 5) is 22.4. The van der Waals surface area contributed by atoms with Crippen LogP contribution >= 0.6 is 0 Å². The maximum absolute atomic E-state index is 11.3. The van der Waals surface area contributed by atoms with Crippen molar-refractivity contribution in [2.45, 2.75) is 26.7 Å². The average molecular weight is 288 g/mol. The van der Waals surface area contributed by atoms with Crippen LogP contribution in [-0.2, 0) is 0 Å². The lowest BCUT2D eigenvalue weighted by molar-refractivity contribution is 0.0685. The van der Waals surface area contributed by atoms with Gasteiger partial charge in [0.2, 0.25) is 0 Å². The molecule has 0 bridgehead atoms. The van der Waals surface area contributed by atoms with Gasteiger partial charge >= 0.3 is 11.9 Å². The predicted octanol–water partition coefficient (Wildman–Crippen LogP) is 2.70. The van der Waals surface area contributed by atoms with E-state index in [1.807, 2.05) is 20.8 Å². The molecular weight excluding hydrogens is 272 g/mol. The second-order valence-electron chi connectivity index (χ2n) is 5.12. The Hall–Kier alpha value is -2.63. The normalized spacial score (nSPS) is 10.9. The van der Waals surface area contributed by atoms with E-state index in [0.29, 0.717) is 11.4 Å². The Labute approximate surface area is 121 Å². The highest BCUT2D eigenvalue weighted by Gasteiger charge is 2.21. The van der Waals surface area contributed by atoms with Crippen molar-refractivity contribution in [3.05, 3.63) is 46.8 Å². The first-order chi connectivity index (χ1) is 9.82. The van der Waals surface area contributed by atoms with Crippen LogP contribution in [0.5, 0.6) is 0 Å². The van der Waals surface area contributed by atoms with Crippen LogP contribution in [0.4, 0.5) is 0 Å². The number of hydrogen-bond acceptors (Lipinski definition) is 3. The first kappa shape index (κ1) is 14.8. The molecule has 110 valence electrons. The van der Waals surface area contributed by atoms with Crippen molar-refractivity contribution >= 4 is 11.9 Å². The zero-order valence-electron chi connectivity index (χ0n) is 12.0. The molecule has 0 spiro atoms. The van der Waals surface area contributed by atoms with E-state index >= 15 is 0 Å². The first-order valence-corrected chi connectivity index (χ1v) is 6.48. The van der Waals surface area contributed by atoms with Crippen molar-refractivity contribution in [2.24, 2.45) is 0 Å². The fourth-order valence-corrected chi connectivity index (χ4v) is 2.24. The predicted molar refractivity (Wildman–Crippen MR) is 76.3 cm³/mol. The van der Waals surface area contributed by atoms with Crippen molar-refractivity contribution in [1.82, 2.24) is 9.78 Å². The lowest BCUT2D eigenvalue weighted by atomic mass is 10.0. The maximum atomic E-state index is 11.3. The molecule has 2 N–H and O–H groups in total. The van der Waals surface area contributed by atoms with E-state index in [1.165, 1.54) is 23.0 Å². The Balaban J connectivity index is 2.70. The van der Waals surface area contributed by atoms with E-state index in [9.17, 15) is 14.7 Å². The van der Waals surface area contributed by atoms with Crippen molar-refractivity contribution in [1.29, 1.82) is 0 Å². The van der Waals surface area contributed by atoms with E-state index in [0.717, 1.165) is 5.56 Å². The van der Waals surface area contributed by atoms with Crippen LogP contribution in [0.1, 0.15) is 51.7 Å². The summed E-state index contributed by atoms with van der Waals surface area (Å²) in [6.07, 6.45) is 1.30. The van der Waals surface area contributed by atoms with Crippen molar-refractivity contribution < 1.29 is 19.8 Å². The van der Waals surface area contributed by atoms with Crippen LogP contribution in [-0.4, -0.2) is 31.9 Å². The third-order valence-corrected chi connectivity index (χ3v) is 3.27. The molecule has 1 aromatic carbocycles. The summed E-state index contributed by atoms with van der Waals surface area (Å²) in [7, 11) is 0. The Morgan fingerprint density at radius 1 is 1.19 bits per heavy atom. The molecule has 0 saturated carbocycles. The number of nitrogens with zero attached hydrogens (tertiary/aromatic N) is 2. The number of aromatic carboxylic acids is 2. The molecule has 1 heterocycles. The molecule has 6 heteroatoms. The Kier molecular flexibility index (Phi) is 3.80. The molecule has 1 aromatic heterocycles. The zero-order chi connectivity index (χ0) is 15.7. The monoisotopic (exact) mass is 288 g/mol. The number of benzene rings is 1. The van der Waals surface area contributed by atoms with Crippen LogP contribution in [0.2, 0.25) is 0 Å². The largest absolute Gasteiger partial charge is 0.478 e. The van der Waals surface area contributed by atoms with E-state index in [1.54, 1.807) is 6.07 Å². The molecule has 0 fully saturated rings. The summed E-state index contributed by atoms with van der Waals surface area (Å²) in [6, 6.07) is 4.70. The highest BCUT2D eigenvalue weighted by molar-refractivity contribution is 5.90. The van der Waals surface area contributed by atoms with Gasteiger partial charge in [0.15, 0.2) is 0 Å². The fourth-order valence-electron chi connectivity index (χ4n) is 2.24. The van der Waals surface area contributed by atoms with Crippen LogP contribution in [0.3, 0.4) is 0 Å². The lowest BCUT2D eigenvalue weighted by Gasteiger charge is -2.14. The number of aryl methyl sites for hydroxylation is 1. The minimum Gasteiger partial charge on any atom is -0.478 e. The molecule has 0 atom stereocenters. The fraction of sp³-hybridized carbons (Fsp3) is 0.267. The van der Waals surface area contributed by atoms with Crippen LogP contribution in [0.15, 0.2) is 24.4 Å². The minimum absolute atomic E-state index is 0.0634. The summed E-state index contributed by atoms with van der Waals surface area (Å²) in [5, 5.41) is 22.5. The smallest absolute Gasteiger partial charge is 0.339 e. The minimum atomic E-state index is -1.04. The van der Waals surface area contributed by atoms with E-state index in [4.69, 9.17) is 5.11 Å². The van der Waals surface area contributed by atoms with Gasteiger partial charge in [-0.25, -0.2) is 14.3 Å². The van der Waals surface area contributed by atoms with Crippen LogP contribution in [0, 0.1) is 6.92 Å². The van der Waals surface area contributed by atoms with E-state index < -0.39 is 11.9 Å². The Morgan fingerprint density at radius 2 is 1.86 bits per heavy atom. The molecule has 2 aromatic rings. The van der Waals surface area contributed by atoms with Gasteiger partial charge in [0, 0.05) is 0 Å².